The molecule has 0 bridgehead atoms. The van der Waals surface area contributed by atoms with E-state index in [9.17, 15) is 10.1 Å². The third kappa shape index (κ3) is 4.60. The van der Waals surface area contributed by atoms with Gasteiger partial charge in [0.2, 0.25) is 0 Å². The zero-order chi connectivity index (χ0) is 15.5. The van der Waals surface area contributed by atoms with Crippen LogP contribution in [0.5, 0.6) is 0 Å². The number of ether oxygens (including phenoxy) is 1. The zero-order valence-electron chi connectivity index (χ0n) is 13.4. The molecule has 1 aliphatic heterocycles. The van der Waals surface area contributed by atoms with Gasteiger partial charge in [-0.05, 0) is 39.5 Å². The highest BCUT2D eigenvalue weighted by Gasteiger charge is 2.36. The third-order valence-electron chi connectivity index (χ3n) is 4.21. The maximum Gasteiger partial charge on any atom is 0.410 e. The van der Waals surface area contributed by atoms with Crippen LogP contribution in [0.2, 0.25) is 0 Å². The van der Waals surface area contributed by atoms with E-state index in [-0.39, 0.29) is 18.2 Å². The summed E-state index contributed by atoms with van der Waals surface area (Å²) in [6.45, 7) is 6.89. The van der Waals surface area contributed by atoms with Crippen molar-refractivity contribution < 1.29 is 9.53 Å². The predicted molar refractivity (Wildman–Crippen MR) is 80.7 cm³/mol. The first-order valence-corrected chi connectivity index (χ1v) is 8.02. The summed E-state index contributed by atoms with van der Waals surface area (Å²) in [6, 6.07) is 2.56. The monoisotopic (exact) mass is 293 g/mol. The SMILES string of the molecule is CC(C)(C)OC(=O)N1CC(N[C@H](C#N)C2CCCCC2)C1. The van der Waals surface area contributed by atoms with Crippen molar-refractivity contribution in [3.63, 3.8) is 0 Å². The van der Waals surface area contributed by atoms with E-state index in [0.29, 0.717) is 19.0 Å². The van der Waals surface area contributed by atoms with Gasteiger partial charge in [0.1, 0.15) is 5.60 Å². The molecule has 21 heavy (non-hydrogen) atoms. The Morgan fingerprint density at radius 1 is 1.29 bits per heavy atom. The fourth-order valence-electron chi connectivity index (χ4n) is 3.06. The lowest BCUT2D eigenvalue weighted by molar-refractivity contribution is 0.00392. The van der Waals surface area contributed by atoms with Crippen molar-refractivity contribution in [1.82, 2.24) is 10.2 Å². The van der Waals surface area contributed by atoms with Gasteiger partial charge in [0.15, 0.2) is 0 Å². The fourth-order valence-corrected chi connectivity index (χ4v) is 3.06. The first-order chi connectivity index (χ1) is 9.89. The first kappa shape index (κ1) is 16.1. The lowest BCUT2D eigenvalue weighted by Crippen LogP contribution is -2.63. The zero-order valence-corrected chi connectivity index (χ0v) is 13.4. The molecule has 5 nitrogen and oxygen atoms in total. The Balaban J connectivity index is 1.74. The largest absolute Gasteiger partial charge is 0.444 e. The minimum absolute atomic E-state index is 0.0731. The van der Waals surface area contributed by atoms with Gasteiger partial charge in [-0.25, -0.2) is 4.79 Å². The summed E-state index contributed by atoms with van der Waals surface area (Å²) in [5.74, 6) is 0.472. The molecule has 0 aromatic carbocycles. The highest BCUT2D eigenvalue weighted by atomic mass is 16.6. The van der Waals surface area contributed by atoms with E-state index < -0.39 is 5.60 Å². The number of nitriles is 1. The molecule has 0 radical (unpaired) electrons. The Morgan fingerprint density at radius 3 is 2.43 bits per heavy atom. The number of likely N-dealkylation sites (tertiary alicyclic amines) is 1. The molecule has 118 valence electrons. The van der Waals surface area contributed by atoms with E-state index in [1.54, 1.807) is 4.90 Å². The van der Waals surface area contributed by atoms with Crippen molar-refractivity contribution in [3.05, 3.63) is 0 Å². The minimum Gasteiger partial charge on any atom is -0.444 e. The van der Waals surface area contributed by atoms with Crippen LogP contribution in [0.1, 0.15) is 52.9 Å². The van der Waals surface area contributed by atoms with Crippen molar-refractivity contribution >= 4 is 6.09 Å². The number of hydrogen-bond acceptors (Lipinski definition) is 4. The van der Waals surface area contributed by atoms with E-state index >= 15 is 0 Å². The molecule has 1 saturated carbocycles. The molecular weight excluding hydrogens is 266 g/mol. The number of rotatable bonds is 3. The van der Waals surface area contributed by atoms with Gasteiger partial charge in [0, 0.05) is 19.1 Å². The van der Waals surface area contributed by atoms with Gasteiger partial charge in [-0.2, -0.15) is 5.26 Å². The molecule has 1 amide bonds. The van der Waals surface area contributed by atoms with Crippen LogP contribution in [-0.4, -0.2) is 41.8 Å². The Hall–Kier alpha value is -1.28. The average Bonchev–Trinajstić information content (AvgIpc) is 2.36. The van der Waals surface area contributed by atoms with E-state index in [1.807, 2.05) is 20.8 Å². The molecule has 2 fully saturated rings. The van der Waals surface area contributed by atoms with E-state index in [0.717, 1.165) is 12.8 Å². The molecule has 2 rings (SSSR count). The number of nitrogens with zero attached hydrogens (tertiary/aromatic N) is 2. The first-order valence-electron chi connectivity index (χ1n) is 8.02. The minimum atomic E-state index is -0.452. The molecular formula is C16H27N3O2. The molecule has 1 N–H and O–H groups in total. The Labute approximate surface area is 127 Å². The Kier molecular flexibility index (Phi) is 5.10. The molecule has 0 aromatic heterocycles. The molecule has 5 heteroatoms. The van der Waals surface area contributed by atoms with Crippen LogP contribution in [0.4, 0.5) is 4.79 Å². The summed E-state index contributed by atoms with van der Waals surface area (Å²) in [4.78, 5) is 13.5. The molecule has 0 spiro atoms. The second-order valence-corrected chi connectivity index (χ2v) is 7.25. The summed E-state index contributed by atoms with van der Waals surface area (Å²) >= 11 is 0. The van der Waals surface area contributed by atoms with Gasteiger partial charge >= 0.3 is 6.09 Å². The van der Waals surface area contributed by atoms with E-state index in [2.05, 4.69) is 11.4 Å². The maximum atomic E-state index is 11.9. The normalized spacial score (nSPS) is 22.3. The molecule has 1 atom stereocenters. The molecule has 0 unspecified atom stereocenters. The van der Waals surface area contributed by atoms with Gasteiger partial charge in [0.05, 0.1) is 12.1 Å². The maximum absolute atomic E-state index is 11.9. The van der Waals surface area contributed by atoms with E-state index in [1.165, 1.54) is 19.3 Å². The van der Waals surface area contributed by atoms with Gasteiger partial charge in [0.25, 0.3) is 0 Å². The van der Waals surface area contributed by atoms with Crippen molar-refractivity contribution in [2.24, 2.45) is 5.92 Å². The third-order valence-corrected chi connectivity index (χ3v) is 4.21. The summed E-state index contributed by atoms with van der Waals surface area (Å²) in [5, 5.41) is 12.8. The standard InChI is InChI=1S/C16H27N3O2/c1-16(2,3)21-15(20)19-10-13(11-19)18-14(9-17)12-7-5-4-6-8-12/h12-14,18H,4-8,10-11H2,1-3H3/t14-/m1/s1. The molecule has 1 heterocycles. The van der Waals surface area contributed by atoms with Crippen LogP contribution in [0.25, 0.3) is 0 Å². The summed E-state index contributed by atoms with van der Waals surface area (Å²) in [7, 11) is 0. The topological polar surface area (TPSA) is 65.4 Å². The van der Waals surface area contributed by atoms with Crippen molar-refractivity contribution in [1.29, 1.82) is 5.26 Å². The van der Waals surface area contributed by atoms with Crippen LogP contribution in [0.15, 0.2) is 0 Å². The quantitative estimate of drug-likeness (QED) is 0.869. The van der Waals surface area contributed by atoms with Crippen molar-refractivity contribution in [2.45, 2.75) is 70.6 Å². The molecule has 0 aromatic rings. The van der Waals surface area contributed by atoms with E-state index in [4.69, 9.17) is 4.74 Å². The van der Waals surface area contributed by atoms with Crippen molar-refractivity contribution in [2.75, 3.05) is 13.1 Å². The summed E-state index contributed by atoms with van der Waals surface area (Å²) in [5.41, 5.74) is -0.452. The average molecular weight is 293 g/mol. The summed E-state index contributed by atoms with van der Waals surface area (Å²) < 4.78 is 5.33. The Morgan fingerprint density at radius 2 is 1.90 bits per heavy atom. The van der Waals surface area contributed by atoms with Crippen LogP contribution in [0.3, 0.4) is 0 Å². The van der Waals surface area contributed by atoms with Gasteiger partial charge in [-0.3, -0.25) is 5.32 Å². The lowest BCUT2D eigenvalue weighted by Gasteiger charge is -2.42. The van der Waals surface area contributed by atoms with Crippen LogP contribution < -0.4 is 5.32 Å². The summed E-state index contributed by atoms with van der Waals surface area (Å²) in [6.07, 6.45) is 5.80. The van der Waals surface area contributed by atoms with Gasteiger partial charge in [-0.1, -0.05) is 19.3 Å². The fraction of sp³-hybridized carbons (Fsp3) is 0.875. The second kappa shape index (κ2) is 6.65. The lowest BCUT2D eigenvalue weighted by atomic mass is 9.84. The molecule has 1 aliphatic carbocycles. The van der Waals surface area contributed by atoms with Crippen molar-refractivity contribution in [3.8, 4) is 6.07 Å². The second-order valence-electron chi connectivity index (χ2n) is 7.25. The number of hydrogen-bond donors (Lipinski definition) is 1. The number of carbonyl (C=O) groups excluding carboxylic acids is 1. The smallest absolute Gasteiger partial charge is 0.410 e. The Bertz CT molecular complexity index is 399. The highest BCUT2D eigenvalue weighted by molar-refractivity contribution is 5.69. The predicted octanol–water partition coefficient (Wildman–Crippen LogP) is 2.67. The van der Waals surface area contributed by atoms with Gasteiger partial charge in [-0.15, -0.1) is 0 Å². The van der Waals surface area contributed by atoms with Gasteiger partial charge < -0.3 is 9.64 Å². The van der Waals surface area contributed by atoms with Crippen LogP contribution >= 0.6 is 0 Å². The van der Waals surface area contributed by atoms with Crippen LogP contribution in [0, 0.1) is 17.2 Å². The molecule has 2 aliphatic rings. The number of nitrogens with one attached hydrogen (secondary N) is 1. The number of amides is 1. The van der Waals surface area contributed by atoms with Crippen LogP contribution in [-0.2, 0) is 4.74 Å². The number of carbonyl (C=O) groups is 1. The molecule has 1 saturated heterocycles. The highest BCUT2D eigenvalue weighted by Crippen LogP contribution is 2.27.